The number of carbonyl (C=O) groups is 1. The molecule has 1 atom stereocenters. The molecule has 0 amide bonds. The van der Waals surface area contributed by atoms with E-state index in [1.54, 1.807) is 0 Å². The first kappa shape index (κ1) is 15.5. The van der Waals surface area contributed by atoms with Crippen molar-refractivity contribution in [3.8, 4) is 0 Å². The van der Waals surface area contributed by atoms with Crippen LogP contribution in [0.4, 0.5) is 0 Å². The largest absolute Gasteiger partial charge is 0.303 e. The van der Waals surface area contributed by atoms with Gasteiger partial charge in [-0.05, 0) is 27.9 Å². The summed E-state index contributed by atoms with van der Waals surface area (Å²) in [4.78, 5) is 16.9. The third kappa shape index (κ3) is 3.05. The highest BCUT2D eigenvalue weighted by molar-refractivity contribution is 6.32. The van der Waals surface area contributed by atoms with Crippen molar-refractivity contribution in [1.82, 2.24) is 19.6 Å². The maximum atomic E-state index is 12.6. The van der Waals surface area contributed by atoms with Gasteiger partial charge in [0.05, 0.1) is 28.9 Å². The maximum Gasteiger partial charge on any atom is 0.157 e. The average Bonchev–Trinajstić information content (AvgIpc) is 2.69. The van der Waals surface area contributed by atoms with E-state index in [0.717, 1.165) is 37.6 Å². The summed E-state index contributed by atoms with van der Waals surface area (Å²) in [5.41, 5.74) is 1.64. The van der Waals surface area contributed by atoms with Gasteiger partial charge >= 0.3 is 0 Å². The third-order valence-corrected chi connectivity index (χ3v) is 4.51. The number of nitrogens with zero attached hydrogens (tertiary/aromatic N) is 4. The summed E-state index contributed by atoms with van der Waals surface area (Å²) in [7, 11) is 4.07. The highest BCUT2D eigenvalue weighted by Crippen LogP contribution is 2.22. The fourth-order valence-corrected chi connectivity index (χ4v) is 2.88. The molecule has 0 spiro atoms. The van der Waals surface area contributed by atoms with Gasteiger partial charge in [0.15, 0.2) is 5.78 Å². The molecule has 1 aliphatic rings. The van der Waals surface area contributed by atoms with Gasteiger partial charge in [0.25, 0.3) is 0 Å². The molecule has 0 N–H and O–H groups in total. The van der Waals surface area contributed by atoms with Gasteiger partial charge in [-0.25, -0.2) is 0 Å². The molecule has 112 valence electrons. The molecule has 1 aliphatic heterocycles. The van der Waals surface area contributed by atoms with Crippen LogP contribution in [-0.4, -0.2) is 65.1 Å². The van der Waals surface area contributed by atoms with Gasteiger partial charge in [0.1, 0.15) is 0 Å². The quantitative estimate of drug-likeness (QED) is 0.838. The van der Waals surface area contributed by atoms with Gasteiger partial charge < -0.3 is 4.90 Å². The van der Waals surface area contributed by atoms with Gasteiger partial charge in [-0.15, -0.1) is 0 Å². The van der Waals surface area contributed by atoms with Crippen LogP contribution in [0.1, 0.15) is 18.3 Å². The number of Topliss-reactive ketones (excluding diaryl/α,β-unsaturated/α-hetero) is 1. The van der Waals surface area contributed by atoms with Crippen molar-refractivity contribution in [2.24, 2.45) is 0 Å². The molecule has 2 heterocycles. The molecule has 1 fully saturated rings. The summed E-state index contributed by atoms with van der Waals surface area (Å²) >= 11 is 6.28. The van der Waals surface area contributed by atoms with Crippen molar-refractivity contribution < 1.29 is 4.79 Å². The molecule has 0 saturated carbocycles. The Hall–Kier alpha value is -0.910. The topological polar surface area (TPSA) is 41.4 Å². The Morgan fingerprint density at radius 3 is 2.75 bits per heavy atom. The van der Waals surface area contributed by atoms with Crippen molar-refractivity contribution in [3.63, 3.8) is 0 Å². The van der Waals surface area contributed by atoms with E-state index in [2.05, 4.69) is 21.9 Å². The first-order valence-corrected chi connectivity index (χ1v) is 7.45. The molecular weight excluding hydrogens is 276 g/mol. The van der Waals surface area contributed by atoms with E-state index in [1.165, 1.54) is 0 Å². The fourth-order valence-electron chi connectivity index (χ4n) is 2.68. The second-order valence-corrected chi connectivity index (χ2v) is 5.94. The third-order valence-electron chi connectivity index (χ3n) is 4.02. The number of hydrogen-bond donors (Lipinski definition) is 0. The Morgan fingerprint density at radius 1 is 1.40 bits per heavy atom. The van der Waals surface area contributed by atoms with Gasteiger partial charge in [0.2, 0.25) is 0 Å². The Morgan fingerprint density at radius 2 is 2.10 bits per heavy atom. The summed E-state index contributed by atoms with van der Waals surface area (Å²) in [6.07, 6.45) is 0.357. The Bertz CT molecular complexity index is 500. The number of aryl methyl sites for hydroxylation is 2. The van der Waals surface area contributed by atoms with Crippen molar-refractivity contribution in [2.75, 3.05) is 33.7 Å². The highest BCUT2D eigenvalue weighted by Gasteiger charge is 2.29. The molecule has 0 aromatic carbocycles. The molecule has 1 saturated heterocycles. The van der Waals surface area contributed by atoms with Crippen LogP contribution in [0.25, 0.3) is 0 Å². The number of piperazine rings is 1. The lowest BCUT2D eigenvalue weighted by Crippen LogP contribution is -2.54. The molecule has 0 aliphatic carbocycles. The predicted molar refractivity (Wildman–Crippen MR) is 80.3 cm³/mol. The van der Waals surface area contributed by atoms with Crippen LogP contribution in [0.2, 0.25) is 5.02 Å². The van der Waals surface area contributed by atoms with Crippen LogP contribution in [0, 0.1) is 6.92 Å². The molecule has 5 nitrogen and oxygen atoms in total. The van der Waals surface area contributed by atoms with Crippen molar-refractivity contribution in [1.29, 1.82) is 0 Å². The number of ketones is 1. The monoisotopic (exact) mass is 298 g/mol. The minimum absolute atomic E-state index is 0.0506. The summed E-state index contributed by atoms with van der Waals surface area (Å²) in [6.45, 7) is 7.34. The van der Waals surface area contributed by atoms with Crippen LogP contribution in [-0.2, 0) is 17.8 Å². The molecule has 1 aromatic rings. The van der Waals surface area contributed by atoms with Gasteiger partial charge in [-0.3, -0.25) is 14.4 Å². The predicted octanol–water partition coefficient (Wildman–Crippen LogP) is 1.22. The zero-order valence-corrected chi connectivity index (χ0v) is 13.4. The van der Waals surface area contributed by atoms with E-state index in [-0.39, 0.29) is 11.8 Å². The van der Waals surface area contributed by atoms with Gasteiger partial charge in [-0.2, -0.15) is 5.10 Å². The number of rotatable bonds is 4. The second-order valence-electron chi connectivity index (χ2n) is 5.56. The van der Waals surface area contributed by atoms with Crippen molar-refractivity contribution in [2.45, 2.75) is 32.9 Å². The van der Waals surface area contributed by atoms with E-state index >= 15 is 0 Å². The summed E-state index contributed by atoms with van der Waals surface area (Å²) in [5, 5.41) is 5.00. The molecule has 20 heavy (non-hydrogen) atoms. The summed E-state index contributed by atoms with van der Waals surface area (Å²) in [6, 6.07) is -0.0506. The van der Waals surface area contributed by atoms with Crippen LogP contribution in [0.3, 0.4) is 0 Å². The zero-order valence-electron chi connectivity index (χ0n) is 12.7. The zero-order chi connectivity index (χ0) is 14.9. The van der Waals surface area contributed by atoms with E-state index in [9.17, 15) is 4.79 Å². The summed E-state index contributed by atoms with van der Waals surface area (Å²) in [5.74, 6) is 0.218. The number of carbonyl (C=O) groups excluding carboxylic acids is 1. The Balaban J connectivity index is 2.15. The number of likely N-dealkylation sites (N-methyl/N-ethyl adjacent to an activating group) is 2. The maximum absolute atomic E-state index is 12.6. The second kappa shape index (κ2) is 6.24. The molecule has 1 unspecified atom stereocenters. The number of aromatic nitrogens is 2. The van der Waals surface area contributed by atoms with Crippen molar-refractivity contribution in [3.05, 3.63) is 16.4 Å². The smallest absolute Gasteiger partial charge is 0.157 e. The Kier molecular flexibility index (Phi) is 4.83. The van der Waals surface area contributed by atoms with Gasteiger partial charge in [-0.1, -0.05) is 11.6 Å². The van der Waals surface area contributed by atoms with E-state index < -0.39 is 0 Å². The number of hydrogen-bond acceptors (Lipinski definition) is 4. The van der Waals surface area contributed by atoms with Gasteiger partial charge in [0, 0.05) is 26.2 Å². The number of halogens is 1. The minimum Gasteiger partial charge on any atom is -0.303 e. The lowest BCUT2D eigenvalue weighted by atomic mass is 10.0. The SMILES string of the molecule is CCn1nc(C)c(Cl)c1CC(=O)C1CN(C)CCN1C. The van der Waals surface area contributed by atoms with E-state index in [4.69, 9.17) is 11.6 Å². The molecule has 0 radical (unpaired) electrons. The van der Waals surface area contributed by atoms with E-state index in [1.807, 2.05) is 25.6 Å². The molecule has 2 rings (SSSR count). The first-order valence-electron chi connectivity index (χ1n) is 7.07. The minimum atomic E-state index is -0.0506. The highest BCUT2D eigenvalue weighted by atomic mass is 35.5. The molecule has 6 heteroatoms. The lowest BCUT2D eigenvalue weighted by molar-refractivity contribution is -0.125. The average molecular weight is 299 g/mol. The molecule has 0 bridgehead atoms. The lowest BCUT2D eigenvalue weighted by Gasteiger charge is -2.36. The van der Waals surface area contributed by atoms with Crippen LogP contribution >= 0.6 is 11.6 Å². The van der Waals surface area contributed by atoms with Crippen LogP contribution < -0.4 is 0 Å². The first-order chi connectivity index (χ1) is 9.43. The van der Waals surface area contributed by atoms with E-state index in [0.29, 0.717) is 11.4 Å². The normalized spacial score (nSPS) is 21.4. The van der Waals surface area contributed by atoms with Crippen molar-refractivity contribution >= 4 is 17.4 Å². The fraction of sp³-hybridized carbons (Fsp3) is 0.714. The molecular formula is C14H23ClN4O. The van der Waals surface area contributed by atoms with Crippen LogP contribution in [0.5, 0.6) is 0 Å². The Labute approximate surface area is 125 Å². The molecule has 1 aromatic heterocycles. The van der Waals surface area contributed by atoms with Crippen LogP contribution in [0.15, 0.2) is 0 Å². The standard InChI is InChI=1S/C14H23ClN4O/c1-5-19-11(14(15)10(2)16-19)8-13(20)12-9-17(3)6-7-18(12)4/h12H,5-9H2,1-4H3. The summed E-state index contributed by atoms with van der Waals surface area (Å²) < 4.78 is 1.84.